The van der Waals surface area contributed by atoms with Crippen LogP contribution in [0.4, 0.5) is 0 Å². The Kier molecular flexibility index (Phi) is 4.63. The van der Waals surface area contributed by atoms with E-state index in [9.17, 15) is 4.79 Å². The molecule has 2 aliphatic heterocycles. The molecule has 2 fully saturated rings. The molecule has 2 saturated heterocycles. The van der Waals surface area contributed by atoms with E-state index in [1.54, 1.807) is 6.20 Å². The van der Waals surface area contributed by atoms with E-state index < -0.39 is 0 Å². The zero-order chi connectivity index (χ0) is 18.9. The number of nitrogens with one attached hydrogen (secondary N) is 1. The minimum Gasteiger partial charge on any atom is -0.459 e. The van der Waals surface area contributed by atoms with Crippen molar-refractivity contribution in [2.45, 2.75) is 37.6 Å². The van der Waals surface area contributed by atoms with Gasteiger partial charge in [0.1, 0.15) is 6.10 Å². The van der Waals surface area contributed by atoms with Gasteiger partial charge in [-0.15, -0.1) is 0 Å². The summed E-state index contributed by atoms with van der Waals surface area (Å²) in [6, 6.07) is 18.9. The van der Waals surface area contributed by atoms with Gasteiger partial charge in [-0.05, 0) is 11.6 Å². The minimum atomic E-state index is -0.238. The highest BCUT2D eigenvalue weighted by Crippen LogP contribution is 2.31. The maximum absolute atomic E-state index is 12.8. The van der Waals surface area contributed by atoms with Gasteiger partial charge in [-0.2, -0.15) is 0 Å². The lowest BCUT2D eigenvalue weighted by atomic mass is 9.91. The first-order valence-corrected chi connectivity index (χ1v) is 9.92. The first-order chi connectivity index (χ1) is 13.8. The van der Waals surface area contributed by atoms with Crippen LogP contribution in [0.3, 0.4) is 0 Å². The number of morpholine rings is 1. The van der Waals surface area contributed by atoms with Crippen LogP contribution in [0.5, 0.6) is 0 Å². The molecule has 3 aromatic rings. The fraction of sp³-hybridized carbons (Fsp3) is 0.348. The van der Waals surface area contributed by atoms with Crippen LogP contribution < -0.4 is 0 Å². The van der Waals surface area contributed by atoms with Crippen molar-refractivity contribution in [3.05, 3.63) is 71.9 Å². The summed E-state index contributed by atoms with van der Waals surface area (Å²) in [4.78, 5) is 18.5. The number of rotatable bonds is 4. The summed E-state index contributed by atoms with van der Waals surface area (Å²) < 4.78 is 11.7. The Morgan fingerprint density at radius 2 is 1.75 bits per heavy atom. The Morgan fingerprint density at radius 3 is 2.54 bits per heavy atom. The van der Waals surface area contributed by atoms with E-state index in [0.29, 0.717) is 18.8 Å². The van der Waals surface area contributed by atoms with Gasteiger partial charge in [0.25, 0.3) is 0 Å². The van der Waals surface area contributed by atoms with Crippen molar-refractivity contribution in [3.63, 3.8) is 0 Å². The molecule has 0 unspecified atom stereocenters. The van der Waals surface area contributed by atoms with E-state index in [-0.39, 0.29) is 24.2 Å². The van der Waals surface area contributed by atoms with Crippen LogP contribution in [-0.4, -0.2) is 47.3 Å². The molecule has 0 radical (unpaired) electrons. The molecular weight excluding hydrogens is 352 g/mol. The van der Waals surface area contributed by atoms with Crippen LogP contribution in [0.15, 0.2) is 60.8 Å². The van der Waals surface area contributed by atoms with Crippen LogP contribution in [0.25, 0.3) is 10.9 Å². The number of fused-ring (bicyclic) bond motifs is 3. The number of hydrogen-bond acceptors (Lipinski definition) is 4. The van der Waals surface area contributed by atoms with Crippen molar-refractivity contribution in [2.24, 2.45) is 0 Å². The van der Waals surface area contributed by atoms with E-state index in [2.05, 4.69) is 34.1 Å². The summed E-state index contributed by atoms with van der Waals surface area (Å²) in [5, 5.41) is 0.914. The number of esters is 1. The summed E-state index contributed by atoms with van der Waals surface area (Å²) in [6.07, 6.45) is 3.32. The predicted molar refractivity (Wildman–Crippen MR) is 107 cm³/mol. The molecule has 2 aromatic carbocycles. The molecule has 0 saturated carbocycles. The molecule has 0 aliphatic carbocycles. The molecule has 1 N–H and O–H groups in total. The van der Waals surface area contributed by atoms with Crippen molar-refractivity contribution in [3.8, 4) is 0 Å². The number of benzene rings is 2. The fourth-order valence-electron chi connectivity index (χ4n) is 4.54. The zero-order valence-electron chi connectivity index (χ0n) is 15.7. The van der Waals surface area contributed by atoms with Crippen molar-refractivity contribution in [1.29, 1.82) is 0 Å². The number of piperidine rings is 1. The number of hydrogen-bond donors (Lipinski definition) is 1. The number of aromatic nitrogens is 1. The maximum atomic E-state index is 12.8. The third kappa shape index (κ3) is 3.32. The van der Waals surface area contributed by atoms with E-state index >= 15 is 0 Å². The SMILES string of the molecule is O=C(O[C@H]1C[C@H]2COC[C@@H](C1)N2Cc1ccccc1)c1c[nH]c2ccccc12. The topological polar surface area (TPSA) is 54.6 Å². The zero-order valence-corrected chi connectivity index (χ0v) is 15.7. The molecule has 144 valence electrons. The molecule has 3 atom stereocenters. The molecule has 1 aromatic heterocycles. The Balaban J connectivity index is 1.29. The Hall–Kier alpha value is -2.63. The summed E-state index contributed by atoms with van der Waals surface area (Å²) in [6.45, 7) is 2.32. The quantitative estimate of drug-likeness (QED) is 0.705. The van der Waals surface area contributed by atoms with Gasteiger partial charge >= 0.3 is 5.97 Å². The number of ether oxygens (including phenoxy) is 2. The molecular formula is C23H24N2O3. The molecule has 5 nitrogen and oxygen atoms in total. The average molecular weight is 376 g/mol. The predicted octanol–water partition coefficient (Wildman–Crippen LogP) is 3.76. The number of aromatic amines is 1. The van der Waals surface area contributed by atoms with Crippen molar-refractivity contribution < 1.29 is 14.3 Å². The number of carbonyl (C=O) groups excluding carboxylic acids is 1. The van der Waals surface area contributed by atoms with Crippen LogP contribution in [-0.2, 0) is 16.0 Å². The number of nitrogens with zero attached hydrogens (tertiary/aromatic N) is 1. The Labute approximate surface area is 164 Å². The normalized spacial score (nSPS) is 24.9. The van der Waals surface area contributed by atoms with Gasteiger partial charge in [0.15, 0.2) is 0 Å². The number of carbonyl (C=O) groups is 1. The highest BCUT2D eigenvalue weighted by atomic mass is 16.5. The van der Waals surface area contributed by atoms with Crippen LogP contribution >= 0.6 is 0 Å². The Bertz CT molecular complexity index is 954. The third-order valence-electron chi connectivity index (χ3n) is 5.92. The number of para-hydroxylation sites is 1. The summed E-state index contributed by atoms with van der Waals surface area (Å²) >= 11 is 0. The first-order valence-electron chi connectivity index (χ1n) is 9.92. The summed E-state index contributed by atoms with van der Waals surface area (Å²) in [5.74, 6) is -0.238. The molecule has 3 heterocycles. The highest BCUT2D eigenvalue weighted by Gasteiger charge is 2.40. The monoisotopic (exact) mass is 376 g/mol. The van der Waals surface area contributed by atoms with Crippen molar-refractivity contribution in [1.82, 2.24) is 9.88 Å². The van der Waals surface area contributed by atoms with Gasteiger partial charge in [-0.1, -0.05) is 48.5 Å². The van der Waals surface area contributed by atoms with Gasteiger partial charge in [0, 0.05) is 48.6 Å². The lowest BCUT2D eigenvalue weighted by Crippen LogP contribution is -2.58. The van der Waals surface area contributed by atoms with Gasteiger partial charge in [-0.25, -0.2) is 4.79 Å². The van der Waals surface area contributed by atoms with E-state index in [0.717, 1.165) is 30.3 Å². The lowest BCUT2D eigenvalue weighted by Gasteiger charge is -2.48. The summed E-state index contributed by atoms with van der Waals surface area (Å²) in [7, 11) is 0. The molecule has 0 amide bonds. The van der Waals surface area contributed by atoms with Gasteiger partial charge in [-0.3, -0.25) is 4.90 Å². The number of H-pyrrole nitrogens is 1. The molecule has 28 heavy (non-hydrogen) atoms. The molecule has 5 heteroatoms. The highest BCUT2D eigenvalue weighted by molar-refractivity contribution is 6.04. The average Bonchev–Trinajstić information content (AvgIpc) is 3.14. The second kappa shape index (κ2) is 7.41. The van der Waals surface area contributed by atoms with E-state index in [1.807, 2.05) is 30.3 Å². The second-order valence-corrected chi connectivity index (χ2v) is 7.75. The maximum Gasteiger partial charge on any atom is 0.340 e. The van der Waals surface area contributed by atoms with Crippen molar-refractivity contribution in [2.75, 3.05) is 13.2 Å². The van der Waals surface area contributed by atoms with Gasteiger partial charge in [0.2, 0.25) is 0 Å². The van der Waals surface area contributed by atoms with Crippen LogP contribution in [0.1, 0.15) is 28.8 Å². The van der Waals surface area contributed by atoms with Gasteiger partial charge in [0.05, 0.1) is 18.8 Å². The molecule has 0 spiro atoms. The Morgan fingerprint density at radius 1 is 1.04 bits per heavy atom. The lowest BCUT2D eigenvalue weighted by molar-refractivity contribution is -0.111. The van der Waals surface area contributed by atoms with Gasteiger partial charge < -0.3 is 14.5 Å². The summed E-state index contributed by atoms with van der Waals surface area (Å²) in [5.41, 5.74) is 2.88. The van der Waals surface area contributed by atoms with Crippen LogP contribution in [0, 0.1) is 0 Å². The molecule has 2 aliphatic rings. The first kappa shape index (κ1) is 17.5. The molecule has 2 bridgehead atoms. The van der Waals surface area contributed by atoms with Crippen LogP contribution in [0.2, 0.25) is 0 Å². The largest absolute Gasteiger partial charge is 0.459 e. The standard InChI is InChI=1S/C23H24N2O3/c26-23(21-12-24-22-9-5-4-8-20(21)22)28-19-10-17-14-27-15-18(11-19)25(17)13-16-6-2-1-3-7-16/h1-9,12,17-19,24H,10-11,13-15H2/t17-,18+,19-. The third-order valence-corrected chi connectivity index (χ3v) is 5.92. The second-order valence-electron chi connectivity index (χ2n) is 7.75. The smallest absolute Gasteiger partial charge is 0.340 e. The van der Waals surface area contributed by atoms with Crippen molar-refractivity contribution >= 4 is 16.9 Å². The van der Waals surface area contributed by atoms with E-state index in [1.165, 1.54) is 5.56 Å². The fourth-order valence-corrected chi connectivity index (χ4v) is 4.54. The van der Waals surface area contributed by atoms with E-state index in [4.69, 9.17) is 9.47 Å². The molecule has 5 rings (SSSR count). The minimum absolute atomic E-state index is 0.0629.